The standard InChI is InChI=1S/C13H14Cl3F3N2O2/c14-8-4-9(15)12(10(16)5-8)20-11(23)6-21(2-1-3-22)7-13(17,18)19/h4-5,22H,1-3,6-7H2,(H,20,23). The third-order valence-electron chi connectivity index (χ3n) is 2.67. The molecule has 0 aliphatic heterocycles. The quantitative estimate of drug-likeness (QED) is 0.740. The fourth-order valence-corrected chi connectivity index (χ4v) is 2.72. The topological polar surface area (TPSA) is 52.6 Å². The zero-order valence-electron chi connectivity index (χ0n) is 11.8. The second kappa shape index (κ2) is 8.94. The number of halogens is 6. The van der Waals surface area contributed by atoms with Gasteiger partial charge in [0, 0.05) is 18.2 Å². The SMILES string of the molecule is O=C(CN(CCCO)CC(F)(F)F)Nc1c(Cl)cc(Cl)cc1Cl. The Morgan fingerprint density at radius 3 is 2.26 bits per heavy atom. The molecule has 10 heteroatoms. The van der Waals surface area contributed by atoms with Crippen LogP contribution in [0.1, 0.15) is 6.42 Å². The van der Waals surface area contributed by atoms with Gasteiger partial charge in [-0.15, -0.1) is 0 Å². The number of rotatable bonds is 7. The zero-order chi connectivity index (χ0) is 17.6. The van der Waals surface area contributed by atoms with E-state index in [1.54, 1.807) is 0 Å². The lowest BCUT2D eigenvalue weighted by molar-refractivity contribution is -0.148. The van der Waals surface area contributed by atoms with Crippen LogP contribution in [0.4, 0.5) is 18.9 Å². The van der Waals surface area contributed by atoms with Crippen LogP contribution in [0.2, 0.25) is 15.1 Å². The van der Waals surface area contributed by atoms with Crippen LogP contribution in [0.25, 0.3) is 0 Å². The van der Waals surface area contributed by atoms with Crippen molar-refractivity contribution >= 4 is 46.4 Å². The number of amides is 1. The summed E-state index contributed by atoms with van der Waals surface area (Å²) in [5.74, 6) is -0.710. The van der Waals surface area contributed by atoms with Gasteiger partial charge in [-0.3, -0.25) is 9.69 Å². The average molecular weight is 394 g/mol. The molecule has 1 rings (SSSR count). The molecule has 0 fully saturated rings. The summed E-state index contributed by atoms with van der Waals surface area (Å²) < 4.78 is 37.5. The molecule has 0 saturated carbocycles. The van der Waals surface area contributed by atoms with E-state index in [1.165, 1.54) is 12.1 Å². The maximum absolute atomic E-state index is 12.5. The van der Waals surface area contributed by atoms with E-state index in [2.05, 4.69) is 5.32 Å². The Labute approximate surface area is 146 Å². The van der Waals surface area contributed by atoms with E-state index < -0.39 is 25.2 Å². The molecule has 0 aromatic heterocycles. The van der Waals surface area contributed by atoms with Gasteiger partial charge in [0.25, 0.3) is 0 Å². The molecule has 0 unspecified atom stereocenters. The monoisotopic (exact) mass is 392 g/mol. The van der Waals surface area contributed by atoms with Gasteiger partial charge >= 0.3 is 6.18 Å². The van der Waals surface area contributed by atoms with Crippen molar-refractivity contribution in [1.29, 1.82) is 0 Å². The number of aliphatic hydroxyl groups excluding tert-OH is 1. The predicted molar refractivity (Wildman–Crippen MR) is 84.3 cm³/mol. The molecule has 0 aliphatic rings. The van der Waals surface area contributed by atoms with Crippen LogP contribution in [-0.2, 0) is 4.79 Å². The molecule has 0 saturated heterocycles. The summed E-state index contributed by atoms with van der Waals surface area (Å²) >= 11 is 17.5. The minimum absolute atomic E-state index is 0.0774. The second-order valence-corrected chi connectivity index (χ2v) is 5.95. The van der Waals surface area contributed by atoms with Crippen molar-refractivity contribution < 1.29 is 23.1 Å². The van der Waals surface area contributed by atoms with E-state index in [0.717, 1.165) is 4.90 Å². The highest BCUT2D eigenvalue weighted by Gasteiger charge is 2.31. The Morgan fingerprint density at radius 2 is 1.78 bits per heavy atom. The van der Waals surface area contributed by atoms with Crippen molar-refractivity contribution in [2.75, 3.05) is 31.6 Å². The van der Waals surface area contributed by atoms with Crippen LogP contribution in [0.15, 0.2) is 12.1 Å². The number of nitrogens with zero attached hydrogens (tertiary/aromatic N) is 1. The van der Waals surface area contributed by atoms with Gasteiger partial charge in [-0.05, 0) is 18.6 Å². The molecule has 0 heterocycles. The molecular weight excluding hydrogens is 380 g/mol. The maximum atomic E-state index is 12.5. The van der Waals surface area contributed by atoms with Gasteiger partial charge < -0.3 is 10.4 Å². The molecule has 4 nitrogen and oxygen atoms in total. The number of nitrogens with one attached hydrogen (secondary N) is 1. The first kappa shape index (κ1) is 20.3. The number of carbonyl (C=O) groups excluding carboxylic acids is 1. The number of alkyl halides is 3. The van der Waals surface area contributed by atoms with E-state index in [4.69, 9.17) is 39.9 Å². The minimum Gasteiger partial charge on any atom is -0.396 e. The largest absolute Gasteiger partial charge is 0.401 e. The summed E-state index contributed by atoms with van der Waals surface area (Å²) in [7, 11) is 0. The van der Waals surface area contributed by atoms with Crippen molar-refractivity contribution in [2.45, 2.75) is 12.6 Å². The smallest absolute Gasteiger partial charge is 0.396 e. The molecule has 1 aromatic rings. The molecule has 23 heavy (non-hydrogen) atoms. The Morgan fingerprint density at radius 1 is 1.22 bits per heavy atom. The third kappa shape index (κ3) is 7.58. The number of benzene rings is 1. The molecule has 0 spiro atoms. The lowest BCUT2D eigenvalue weighted by Gasteiger charge is -2.23. The van der Waals surface area contributed by atoms with E-state index in [-0.39, 0.29) is 40.3 Å². The van der Waals surface area contributed by atoms with Crippen molar-refractivity contribution in [3.05, 3.63) is 27.2 Å². The normalized spacial score (nSPS) is 11.8. The van der Waals surface area contributed by atoms with Crippen LogP contribution in [0.3, 0.4) is 0 Å². The summed E-state index contributed by atoms with van der Waals surface area (Å²) in [4.78, 5) is 12.8. The Hall–Kier alpha value is -0.730. The van der Waals surface area contributed by atoms with Gasteiger partial charge in [-0.2, -0.15) is 13.2 Å². The molecule has 0 atom stereocenters. The van der Waals surface area contributed by atoms with E-state index in [9.17, 15) is 18.0 Å². The van der Waals surface area contributed by atoms with Gasteiger partial charge in [-0.1, -0.05) is 34.8 Å². The van der Waals surface area contributed by atoms with Gasteiger partial charge in [0.2, 0.25) is 5.91 Å². The first-order valence-corrected chi connectivity index (χ1v) is 7.60. The number of hydrogen-bond donors (Lipinski definition) is 2. The Balaban J connectivity index is 2.75. The first-order valence-electron chi connectivity index (χ1n) is 6.46. The van der Waals surface area contributed by atoms with E-state index in [0.29, 0.717) is 0 Å². The predicted octanol–water partition coefficient (Wildman–Crippen LogP) is 3.83. The van der Waals surface area contributed by atoms with Crippen LogP contribution >= 0.6 is 34.8 Å². The molecule has 1 amide bonds. The van der Waals surface area contributed by atoms with Crippen molar-refractivity contribution in [3.63, 3.8) is 0 Å². The third-order valence-corrected chi connectivity index (χ3v) is 3.49. The Bertz CT molecular complexity index is 533. The van der Waals surface area contributed by atoms with Crippen molar-refractivity contribution in [2.24, 2.45) is 0 Å². The molecular formula is C13H14Cl3F3N2O2. The summed E-state index contributed by atoms with van der Waals surface area (Å²) in [6, 6.07) is 2.70. The fraction of sp³-hybridized carbons (Fsp3) is 0.462. The molecule has 130 valence electrons. The van der Waals surface area contributed by atoms with Gasteiger partial charge in [0.05, 0.1) is 28.8 Å². The minimum atomic E-state index is -4.45. The molecule has 0 bridgehead atoms. The van der Waals surface area contributed by atoms with Crippen molar-refractivity contribution in [3.8, 4) is 0 Å². The van der Waals surface area contributed by atoms with Crippen LogP contribution in [0.5, 0.6) is 0 Å². The van der Waals surface area contributed by atoms with Crippen LogP contribution in [0, 0.1) is 0 Å². The summed E-state index contributed by atoms with van der Waals surface area (Å²) in [5, 5.41) is 11.5. The maximum Gasteiger partial charge on any atom is 0.401 e. The van der Waals surface area contributed by atoms with Gasteiger partial charge in [0.1, 0.15) is 0 Å². The number of carbonyl (C=O) groups is 1. The highest BCUT2D eigenvalue weighted by Crippen LogP contribution is 2.33. The summed E-state index contributed by atoms with van der Waals surface area (Å²) in [6.45, 7) is -2.13. The average Bonchev–Trinajstić information content (AvgIpc) is 2.38. The Kier molecular flexibility index (Phi) is 7.89. The lowest BCUT2D eigenvalue weighted by Crippen LogP contribution is -2.40. The zero-order valence-corrected chi connectivity index (χ0v) is 14.0. The number of hydrogen-bond acceptors (Lipinski definition) is 3. The van der Waals surface area contributed by atoms with Crippen LogP contribution < -0.4 is 5.32 Å². The van der Waals surface area contributed by atoms with Gasteiger partial charge in [0.15, 0.2) is 0 Å². The van der Waals surface area contributed by atoms with Crippen LogP contribution in [-0.4, -0.2) is 48.3 Å². The van der Waals surface area contributed by atoms with Crippen molar-refractivity contribution in [1.82, 2.24) is 4.90 Å². The molecule has 1 aromatic carbocycles. The lowest BCUT2D eigenvalue weighted by atomic mass is 10.3. The number of aliphatic hydroxyl groups is 1. The summed E-state index contributed by atoms with van der Waals surface area (Å²) in [6.07, 6.45) is -4.34. The second-order valence-electron chi connectivity index (χ2n) is 4.70. The summed E-state index contributed by atoms with van der Waals surface area (Å²) in [5.41, 5.74) is 0.0804. The van der Waals surface area contributed by atoms with E-state index in [1.807, 2.05) is 0 Å². The molecule has 0 aliphatic carbocycles. The molecule has 2 N–H and O–H groups in total. The highest BCUT2D eigenvalue weighted by atomic mass is 35.5. The first-order chi connectivity index (χ1) is 10.6. The molecule has 0 radical (unpaired) electrons. The number of anilines is 1. The van der Waals surface area contributed by atoms with E-state index >= 15 is 0 Å². The highest BCUT2D eigenvalue weighted by molar-refractivity contribution is 6.42. The van der Waals surface area contributed by atoms with Gasteiger partial charge in [-0.25, -0.2) is 0 Å². The fourth-order valence-electron chi connectivity index (χ4n) is 1.81.